The Kier molecular flexibility index (Phi) is 4.75. The van der Waals surface area contributed by atoms with Crippen LogP contribution in [0.1, 0.15) is 11.4 Å². The lowest BCUT2D eigenvalue weighted by Crippen LogP contribution is -2.47. The number of halogens is 3. The van der Waals surface area contributed by atoms with Crippen LogP contribution in [0.2, 0.25) is 0 Å². The number of carbonyl (C=O) groups is 1. The number of fused-ring (bicyclic) bond motifs is 1. The van der Waals surface area contributed by atoms with Gasteiger partial charge in [0.15, 0.2) is 0 Å². The molecule has 128 valence electrons. The molecule has 1 aliphatic heterocycles. The van der Waals surface area contributed by atoms with Crippen molar-refractivity contribution in [1.29, 1.82) is 0 Å². The molecule has 2 heterocycles. The summed E-state index contributed by atoms with van der Waals surface area (Å²) >= 11 is 1.49. The normalized spacial score (nSPS) is 14.6. The number of anilines is 2. The molecule has 4 nitrogen and oxygen atoms in total. The predicted molar refractivity (Wildman–Crippen MR) is 87.5 cm³/mol. The summed E-state index contributed by atoms with van der Waals surface area (Å²) in [6.07, 6.45) is -1.75. The fraction of sp³-hybridized carbons (Fsp3) is 0.375. The Bertz CT molecular complexity index is 703. The van der Waals surface area contributed by atoms with Gasteiger partial charge in [-0.15, -0.1) is 11.3 Å². The van der Waals surface area contributed by atoms with Gasteiger partial charge in [0, 0.05) is 37.5 Å². The van der Waals surface area contributed by atoms with Crippen molar-refractivity contribution >= 4 is 28.6 Å². The minimum atomic E-state index is -4.27. The molecule has 0 fully saturated rings. The monoisotopic (exact) mass is 355 g/mol. The van der Waals surface area contributed by atoms with Crippen LogP contribution in [-0.4, -0.2) is 36.7 Å². The van der Waals surface area contributed by atoms with E-state index in [0.717, 1.165) is 5.01 Å². The van der Waals surface area contributed by atoms with Gasteiger partial charge < -0.3 is 9.80 Å². The van der Waals surface area contributed by atoms with E-state index in [1.165, 1.54) is 16.2 Å². The molecule has 1 aromatic carbocycles. The zero-order valence-corrected chi connectivity index (χ0v) is 13.6. The topological polar surface area (TPSA) is 36.4 Å². The van der Waals surface area contributed by atoms with E-state index < -0.39 is 12.7 Å². The first-order valence-corrected chi connectivity index (χ1v) is 8.41. The number of para-hydroxylation sites is 2. The quantitative estimate of drug-likeness (QED) is 0.842. The summed E-state index contributed by atoms with van der Waals surface area (Å²) < 4.78 is 38.2. The van der Waals surface area contributed by atoms with Gasteiger partial charge in [-0.1, -0.05) is 12.1 Å². The summed E-state index contributed by atoms with van der Waals surface area (Å²) in [4.78, 5) is 19.5. The molecule has 24 heavy (non-hydrogen) atoms. The molecule has 0 saturated carbocycles. The number of hydrogen-bond donors (Lipinski definition) is 0. The van der Waals surface area contributed by atoms with Gasteiger partial charge in [-0.05, 0) is 12.1 Å². The van der Waals surface area contributed by atoms with E-state index in [9.17, 15) is 18.0 Å². The number of amides is 1. The fourth-order valence-electron chi connectivity index (χ4n) is 2.79. The number of nitrogens with zero attached hydrogens (tertiary/aromatic N) is 3. The highest BCUT2D eigenvalue weighted by Crippen LogP contribution is 2.35. The predicted octanol–water partition coefficient (Wildman–Crippen LogP) is 3.49. The summed E-state index contributed by atoms with van der Waals surface area (Å²) in [5.74, 6) is -0.0932. The number of aromatic nitrogens is 1. The van der Waals surface area contributed by atoms with Crippen molar-refractivity contribution in [3.8, 4) is 0 Å². The Balaban J connectivity index is 1.75. The molecule has 3 rings (SSSR count). The van der Waals surface area contributed by atoms with Crippen molar-refractivity contribution in [2.75, 3.05) is 29.4 Å². The lowest BCUT2D eigenvalue weighted by Gasteiger charge is -2.38. The molecule has 0 saturated heterocycles. The molecule has 8 heteroatoms. The Hall–Kier alpha value is -2.09. The Morgan fingerprint density at radius 2 is 1.96 bits per heavy atom. The molecule has 0 radical (unpaired) electrons. The van der Waals surface area contributed by atoms with Crippen LogP contribution in [0.5, 0.6) is 0 Å². The molecule has 0 N–H and O–H groups in total. The fourth-order valence-corrected chi connectivity index (χ4v) is 3.41. The first-order valence-electron chi connectivity index (χ1n) is 7.53. The molecule has 0 atom stereocenters. The van der Waals surface area contributed by atoms with Gasteiger partial charge in [-0.2, -0.15) is 13.2 Å². The maximum absolute atomic E-state index is 12.7. The van der Waals surface area contributed by atoms with Crippen molar-refractivity contribution < 1.29 is 18.0 Å². The number of hydrogen-bond acceptors (Lipinski definition) is 4. The maximum Gasteiger partial charge on any atom is 0.405 e. The number of carbonyl (C=O) groups excluding carboxylic acids is 1. The minimum absolute atomic E-state index is 0.0932. The van der Waals surface area contributed by atoms with Crippen LogP contribution >= 0.6 is 11.3 Å². The smallest absolute Gasteiger partial charge is 0.359 e. The van der Waals surface area contributed by atoms with E-state index in [-0.39, 0.29) is 19.0 Å². The third kappa shape index (κ3) is 3.87. The summed E-state index contributed by atoms with van der Waals surface area (Å²) in [6, 6.07) is 6.74. The minimum Gasteiger partial charge on any atom is -0.359 e. The molecule has 0 spiro atoms. The van der Waals surface area contributed by atoms with Gasteiger partial charge in [0.1, 0.15) is 6.54 Å². The average molecular weight is 355 g/mol. The van der Waals surface area contributed by atoms with Gasteiger partial charge in [-0.25, -0.2) is 4.98 Å². The third-order valence-electron chi connectivity index (χ3n) is 3.81. The van der Waals surface area contributed by atoms with Crippen molar-refractivity contribution in [3.63, 3.8) is 0 Å². The Morgan fingerprint density at radius 1 is 1.21 bits per heavy atom. The molecular weight excluding hydrogens is 339 g/mol. The number of rotatable bonds is 4. The van der Waals surface area contributed by atoms with Crippen LogP contribution in [0.25, 0.3) is 0 Å². The molecule has 1 aromatic heterocycles. The van der Waals surface area contributed by atoms with E-state index in [1.807, 2.05) is 5.38 Å². The average Bonchev–Trinajstić information content (AvgIpc) is 3.05. The van der Waals surface area contributed by atoms with Crippen molar-refractivity contribution in [1.82, 2.24) is 4.98 Å². The van der Waals surface area contributed by atoms with E-state index in [0.29, 0.717) is 24.2 Å². The van der Waals surface area contributed by atoms with Crippen LogP contribution in [0, 0.1) is 0 Å². The molecule has 0 unspecified atom stereocenters. The van der Waals surface area contributed by atoms with E-state index in [1.54, 1.807) is 35.4 Å². The number of aryl methyl sites for hydroxylation is 1. The van der Waals surface area contributed by atoms with Crippen LogP contribution < -0.4 is 9.80 Å². The van der Waals surface area contributed by atoms with Crippen LogP contribution in [0.15, 0.2) is 35.8 Å². The summed E-state index contributed by atoms with van der Waals surface area (Å²) in [5, 5.41) is 2.73. The van der Waals surface area contributed by atoms with Gasteiger partial charge in [0.25, 0.3) is 0 Å². The summed E-state index contributed by atoms with van der Waals surface area (Å²) in [5.41, 5.74) is 0.987. The van der Waals surface area contributed by atoms with Crippen LogP contribution in [-0.2, 0) is 11.2 Å². The molecule has 1 amide bonds. The number of benzene rings is 1. The molecule has 1 aliphatic rings. The van der Waals surface area contributed by atoms with Gasteiger partial charge in [0.05, 0.1) is 16.4 Å². The Labute approximate surface area is 141 Å². The lowest BCUT2D eigenvalue weighted by atomic mass is 10.1. The largest absolute Gasteiger partial charge is 0.405 e. The van der Waals surface area contributed by atoms with Crippen molar-refractivity contribution in [3.05, 3.63) is 40.8 Å². The van der Waals surface area contributed by atoms with Crippen molar-refractivity contribution in [2.45, 2.75) is 19.0 Å². The van der Waals surface area contributed by atoms with E-state index in [2.05, 4.69) is 4.98 Å². The zero-order valence-electron chi connectivity index (χ0n) is 12.8. The highest BCUT2D eigenvalue weighted by Gasteiger charge is 2.35. The number of alkyl halides is 3. The first-order chi connectivity index (χ1) is 11.4. The highest BCUT2D eigenvalue weighted by atomic mass is 32.1. The first kappa shape index (κ1) is 16.8. The molecular formula is C16H16F3N3OS. The summed E-state index contributed by atoms with van der Waals surface area (Å²) in [6.45, 7) is -0.589. The second-order valence-corrected chi connectivity index (χ2v) is 6.48. The van der Waals surface area contributed by atoms with E-state index in [4.69, 9.17) is 0 Å². The Morgan fingerprint density at radius 3 is 2.62 bits per heavy atom. The van der Waals surface area contributed by atoms with E-state index >= 15 is 0 Å². The lowest BCUT2D eigenvalue weighted by molar-refractivity contribution is -0.119. The van der Waals surface area contributed by atoms with Gasteiger partial charge in [-0.3, -0.25) is 4.79 Å². The standard InChI is InChI=1S/C16H16F3N3OS/c17-16(18,19)11-21-8-9-22(13-4-2-1-3-12(13)21)15(23)6-5-14-20-7-10-24-14/h1-4,7,10H,5-6,8-9,11H2. The second kappa shape index (κ2) is 6.80. The molecule has 0 bridgehead atoms. The molecule has 2 aromatic rings. The molecule has 0 aliphatic carbocycles. The SMILES string of the molecule is O=C(CCc1nccs1)N1CCN(CC(F)(F)F)c2ccccc21. The third-order valence-corrected chi connectivity index (χ3v) is 4.65. The van der Waals surface area contributed by atoms with Gasteiger partial charge in [0.2, 0.25) is 5.91 Å². The summed E-state index contributed by atoms with van der Waals surface area (Å²) in [7, 11) is 0. The van der Waals surface area contributed by atoms with Crippen molar-refractivity contribution in [2.24, 2.45) is 0 Å². The van der Waals surface area contributed by atoms with Crippen LogP contribution in [0.4, 0.5) is 24.5 Å². The number of thiazole rings is 1. The zero-order chi connectivity index (χ0) is 17.2. The maximum atomic E-state index is 12.7. The van der Waals surface area contributed by atoms with Gasteiger partial charge >= 0.3 is 6.18 Å². The highest BCUT2D eigenvalue weighted by molar-refractivity contribution is 7.09. The van der Waals surface area contributed by atoms with Crippen LogP contribution in [0.3, 0.4) is 0 Å². The second-order valence-electron chi connectivity index (χ2n) is 5.50.